The number of rotatable bonds is 3. The topological polar surface area (TPSA) is 42.2 Å². The fraction of sp³-hybridized carbons (Fsp3) is 0.588. The molecule has 0 N–H and O–H groups in total. The van der Waals surface area contributed by atoms with Crippen molar-refractivity contribution in [1.29, 1.82) is 5.26 Å². The van der Waals surface area contributed by atoms with E-state index in [4.69, 9.17) is 9.47 Å². The van der Waals surface area contributed by atoms with Crippen LogP contribution in [0.15, 0.2) is 30.3 Å². The smallest absolute Gasteiger partial charge is 0.0940 e. The summed E-state index contributed by atoms with van der Waals surface area (Å²) in [5.41, 5.74) is 0.0179. The van der Waals surface area contributed by atoms with Gasteiger partial charge in [0.05, 0.1) is 35.4 Å². The fourth-order valence-electron chi connectivity index (χ4n) is 3.78. The Morgan fingerprint density at radius 3 is 2.60 bits per heavy atom. The molecule has 1 aromatic carbocycles. The highest BCUT2D eigenvalue weighted by atomic mass is 16.6. The van der Waals surface area contributed by atoms with E-state index < -0.39 is 5.41 Å². The number of fused-ring (bicyclic) bond motifs is 2. The Kier molecular flexibility index (Phi) is 2.93. The van der Waals surface area contributed by atoms with Gasteiger partial charge in [0.1, 0.15) is 0 Å². The summed E-state index contributed by atoms with van der Waals surface area (Å²) in [6.45, 7) is 6.70. The van der Waals surface area contributed by atoms with Crippen LogP contribution >= 0.6 is 0 Å². The van der Waals surface area contributed by atoms with Crippen LogP contribution in [0.5, 0.6) is 0 Å². The minimum atomic E-state index is -0.414. The molecule has 1 aromatic rings. The number of benzene rings is 1. The molecule has 3 heteroatoms. The van der Waals surface area contributed by atoms with E-state index in [2.05, 4.69) is 25.1 Å². The van der Waals surface area contributed by atoms with Crippen molar-refractivity contribution in [2.24, 2.45) is 5.41 Å². The van der Waals surface area contributed by atoms with Crippen LogP contribution in [0.25, 0.3) is 0 Å². The van der Waals surface area contributed by atoms with Crippen LogP contribution in [-0.2, 0) is 16.1 Å². The fourth-order valence-corrected chi connectivity index (χ4v) is 3.78. The lowest BCUT2D eigenvalue weighted by Gasteiger charge is -2.42. The number of nitrogens with zero attached hydrogens (tertiary/aromatic N) is 1. The van der Waals surface area contributed by atoms with Gasteiger partial charge in [0.25, 0.3) is 0 Å². The Morgan fingerprint density at radius 2 is 2.00 bits per heavy atom. The van der Waals surface area contributed by atoms with Crippen molar-refractivity contribution in [3.05, 3.63) is 35.9 Å². The van der Waals surface area contributed by atoms with E-state index in [1.165, 1.54) is 0 Å². The molecule has 2 bridgehead atoms. The summed E-state index contributed by atoms with van der Waals surface area (Å²) < 4.78 is 12.3. The van der Waals surface area contributed by atoms with Gasteiger partial charge in [-0.2, -0.15) is 5.26 Å². The molecule has 0 spiro atoms. The Balaban J connectivity index is 1.74. The van der Waals surface area contributed by atoms with Crippen molar-refractivity contribution in [2.45, 2.75) is 57.5 Å². The van der Waals surface area contributed by atoms with Crippen LogP contribution in [0.3, 0.4) is 0 Å². The molecule has 3 atom stereocenters. The van der Waals surface area contributed by atoms with Gasteiger partial charge < -0.3 is 9.47 Å². The van der Waals surface area contributed by atoms with E-state index in [0.29, 0.717) is 6.61 Å². The molecule has 3 rings (SSSR count). The highest BCUT2D eigenvalue weighted by Crippen LogP contribution is 2.62. The summed E-state index contributed by atoms with van der Waals surface area (Å²) in [4.78, 5) is 0. The molecule has 0 unspecified atom stereocenters. The second-order valence-corrected chi connectivity index (χ2v) is 6.79. The Morgan fingerprint density at radius 1 is 1.30 bits per heavy atom. The van der Waals surface area contributed by atoms with E-state index in [-0.39, 0.29) is 17.3 Å². The summed E-state index contributed by atoms with van der Waals surface area (Å²) in [5, 5.41) is 9.61. The summed E-state index contributed by atoms with van der Waals surface area (Å²) >= 11 is 0. The molecule has 3 nitrogen and oxygen atoms in total. The Labute approximate surface area is 120 Å². The van der Waals surface area contributed by atoms with Gasteiger partial charge in [-0.25, -0.2) is 0 Å². The molecule has 1 saturated carbocycles. The molecule has 1 saturated heterocycles. The standard InChI is InChI=1S/C17H21NO2/c1-15(2)17(12-18)9-14(16(3,11-17)20-15)19-10-13-7-5-4-6-8-13/h4-8,14H,9-11H2,1-3H3/t14-,16+,17+/m0/s1. The third-order valence-electron chi connectivity index (χ3n) is 5.02. The summed E-state index contributed by atoms with van der Waals surface area (Å²) in [6.07, 6.45) is 1.53. The highest BCUT2D eigenvalue weighted by Gasteiger charge is 2.68. The van der Waals surface area contributed by atoms with Gasteiger partial charge in [0.15, 0.2) is 0 Å². The Hall–Kier alpha value is -1.37. The van der Waals surface area contributed by atoms with Crippen LogP contribution in [0, 0.1) is 16.7 Å². The third kappa shape index (κ3) is 1.87. The third-order valence-corrected chi connectivity index (χ3v) is 5.02. The predicted octanol–water partition coefficient (Wildman–Crippen LogP) is 3.44. The average Bonchev–Trinajstić information content (AvgIpc) is 2.81. The van der Waals surface area contributed by atoms with Crippen molar-refractivity contribution in [1.82, 2.24) is 0 Å². The molecule has 1 aliphatic heterocycles. The largest absolute Gasteiger partial charge is 0.370 e. The zero-order valence-corrected chi connectivity index (χ0v) is 12.3. The van der Waals surface area contributed by atoms with Crippen molar-refractivity contribution in [2.75, 3.05) is 0 Å². The maximum atomic E-state index is 9.61. The first kappa shape index (κ1) is 13.6. The van der Waals surface area contributed by atoms with E-state index >= 15 is 0 Å². The first-order valence-electron chi connectivity index (χ1n) is 7.18. The molecule has 20 heavy (non-hydrogen) atoms. The number of ether oxygens (including phenoxy) is 2. The SMILES string of the molecule is CC1(C)O[C@]2(C)C[C@@]1(C#N)C[C@@H]2OCc1ccccc1. The van der Waals surface area contributed by atoms with Crippen molar-refractivity contribution in [3.8, 4) is 6.07 Å². The lowest BCUT2D eigenvalue weighted by molar-refractivity contribution is -0.194. The lowest BCUT2D eigenvalue weighted by atomic mass is 9.74. The van der Waals surface area contributed by atoms with Crippen LogP contribution in [0.4, 0.5) is 0 Å². The van der Waals surface area contributed by atoms with Gasteiger partial charge in [0, 0.05) is 6.42 Å². The number of hydrogen-bond acceptors (Lipinski definition) is 3. The van der Waals surface area contributed by atoms with Crippen LogP contribution < -0.4 is 0 Å². The van der Waals surface area contributed by atoms with Gasteiger partial charge in [-0.15, -0.1) is 0 Å². The quantitative estimate of drug-likeness (QED) is 0.845. The minimum absolute atomic E-state index is 0.00428. The second kappa shape index (κ2) is 4.31. The monoisotopic (exact) mass is 271 g/mol. The maximum absolute atomic E-state index is 9.61. The van der Waals surface area contributed by atoms with E-state index in [1.54, 1.807) is 0 Å². The van der Waals surface area contributed by atoms with Crippen molar-refractivity contribution >= 4 is 0 Å². The molecule has 0 amide bonds. The molecule has 106 valence electrons. The molecule has 1 heterocycles. The summed E-state index contributed by atoms with van der Waals surface area (Å²) in [7, 11) is 0. The first-order valence-corrected chi connectivity index (χ1v) is 7.18. The van der Waals surface area contributed by atoms with Crippen molar-refractivity contribution < 1.29 is 9.47 Å². The van der Waals surface area contributed by atoms with Gasteiger partial charge in [-0.1, -0.05) is 30.3 Å². The molecule has 0 radical (unpaired) electrons. The molecular formula is C17H21NO2. The van der Waals surface area contributed by atoms with E-state index in [1.807, 2.05) is 32.0 Å². The van der Waals surface area contributed by atoms with E-state index in [9.17, 15) is 5.26 Å². The summed E-state index contributed by atoms with van der Waals surface area (Å²) in [5.74, 6) is 0. The molecule has 2 aliphatic rings. The first-order chi connectivity index (χ1) is 9.41. The zero-order valence-electron chi connectivity index (χ0n) is 12.3. The van der Waals surface area contributed by atoms with Gasteiger partial charge in [0.2, 0.25) is 0 Å². The van der Waals surface area contributed by atoms with Crippen LogP contribution in [0.2, 0.25) is 0 Å². The number of hydrogen-bond donors (Lipinski definition) is 0. The minimum Gasteiger partial charge on any atom is -0.370 e. The maximum Gasteiger partial charge on any atom is 0.0940 e. The van der Waals surface area contributed by atoms with Crippen LogP contribution in [-0.4, -0.2) is 17.3 Å². The van der Waals surface area contributed by atoms with Crippen molar-refractivity contribution in [3.63, 3.8) is 0 Å². The number of nitriles is 1. The van der Waals surface area contributed by atoms with E-state index in [0.717, 1.165) is 18.4 Å². The zero-order chi connectivity index (χ0) is 14.4. The molecule has 1 aliphatic carbocycles. The second-order valence-electron chi connectivity index (χ2n) is 6.79. The Bertz CT molecular complexity index is 548. The van der Waals surface area contributed by atoms with Crippen LogP contribution in [0.1, 0.15) is 39.2 Å². The van der Waals surface area contributed by atoms with Gasteiger partial charge in [-0.05, 0) is 32.8 Å². The molecular weight excluding hydrogens is 250 g/mol. The molecule has 0 aromatic heterocycles. The lowest BCUT2D eigenvalue weighted by Crippen LogP contribution is -2.49. The van der Waals surface area contributed by atoms with Gasteiger partial charge in [-0.3, -0.25) is 0 Å². The van der Waals surface area contributed by atoms with Gasteiger partial charge >= 0.3 is 0 Å². The molecule has 2 fully saturated rings. The highest BCUT2D eigenvalue weighted by molar-refractivity contribution is 5.25. The predicted molar refractivity (Wildman–Crippen MR) is 75.9 cm³/mol. The average molecular weight is 271 g/mol. The normalized spacial score (nSPS) is 37.8. The summed E-state index contributed by atoms with van der Waals surface area (Å²) in [6, 6.07) is 12.6.